The molecule has 0 unspecified atom stereocenters. The van der Waals surface area contributed by atoms with Crippen LogP contribution >= 0.6 is 24.0 Å². The number of para-hydroxylation sites is 1. The Kier molecular flexibility index (Phi) is 10.2. The molecule has 0 atom stereocenters. The average molecular weight is 519 g/mol. The van der Waals surface area contributed by atoms with Crippen molar-refractivity contribution in [2.24, 2.45) is 4.99 Å². The third-order valence-corrected chi connectivity index (χ3v) is 5.11. The van der Waals surface area contributed by atoms with Crippen LogP contribution in [-0.4, -0.2) is 42.5 Å². The van der Waals surface area contributed by atoms with Gasteiger partial charge in [-0.2, -0.15) is 0 Å². The number of aromatic nitrogens is 1. The van der Waals surface area contributed by atoms with Gasteiger partial charge in [0.05, 0.1) is 6.54 Å². The SMILES string of the molecule is CCNC(=NCc1cccc(CN(C)CC)c1)NCCc1c[nH]c2ccccc12.I. The molecule has 0 amide bonds. The van der Waals surface area contributed by atoms with Gasteiger partial charge in [-0.05, 0) is 49.7 Å². The Balaban J connectivity index is 0.00000320. The first-order valence-electron chi connectivity index (χ1n) is 10.5. The van der Waals surface area contributed by atoms with Crippen LogP contribution in [0.3, 0.4) is 0 Å². The summed E-state index contributed by atoms with van der Waals surface area (Å²) in [6.45, 7) is 8.66. The average Bonchev–Trinajstić information content (AvgIpc) is 3.15. The summed E-state index contributed by atoms with van der Waals surface area (Å²) in [5.41, 5.74) is 5.09. The van der Waals surface area contributed by atoms with Crippen molar-refractivity contribution in [2.45, 2.75) is 33.4 Å². The molecule has 0 bridgehead atoms. The molecule has 0 spiro atoms. The van der Waals surface area contributed by atoms with Gasteiger partial charge in [-0.25, -0.2) is 4.99 Å². The van der Waals surface area contributed by atoms with Gasteiger partial charge in [-0.3, -0.25) is 0 Å². The van der Waals surface area contributed by atoms with Gasteiger partial charge in [0.1, 0.15) is 0 Å². The number of benzene rings is 2. The molecular weight excluding hydrogens is 485 g/mol. The molecule has 162 valence electrons. The highest BCUT2D eigenvalue weighted by atomic mass is 127. The van der Waals surface area contributed by atoms with Crippen molar-refractivity contribution in [1.82, 2.24) is 20.5 Å². The van der Waals surface area contributed by atoms with Crippen LogP contribution in [0.5, 0.6) is 0 Å². The van der Waals surface area contributed by atoms with E-state index < -0.39 is 0 Å². The van der Waals surface area contributed by atoms with E-state index in [-0.39, 0.29) is 24.0 Å². The first-order valence-corrected chi connectivity index (χ1v) is 10.5. The first-order chi connectivity index (χ1) is 14.2. The number of hydrogen-bond acceptors (Lipinski definition) is 2. The lowest BCUT2D eigenvalue weighted by atomic mass is 10.1. The van der Waals surface area contributed by atoms with E-state index in [1.165, 1.54) is 27.6 Å². The van der Waals surface area contributed by atoms with E-state index in [2.05, 4.69) is 96.1 Å². The molecule has 30 heavy (non-hydrogen) atoms. The highest BCUT2D eigenvalue weighted by Crippen LogP contribution is 2.17. The topological polar surface area (TPSA) is 55.5 Å². The molecule has 1 heterocycles. The van der Waals surface area contributed by atoms with E-state index in [4.69, 9.17) is 4.99 Å². The molecule has 0 radical (unpaired) electrons. The Morgan fingerprint density at radius 3 is 2.63 bits per heavy atom. The van der Waals surface area contributed by atoms with Crippen molar-refractivity contribution in [3.63, 3.8) is 0 Å². The molecule has 0 saturated carbocycles. The number of nitrogens with one attached hydrogen (secondary N) is 3. The van der Waals surface area contributed by atoms with E-state index in [9.17, 15) is 0 Å². The summed E-state index contributed by atoms with van der Waals surface area (Å²) in [6, 6.07) is 17.1. The summed E-state index contributed by atoms with van der Waals surface area (Å²) in [6.07, 6.45) is 3.06. The third kappa shape index (κ3) is 7.02. The third-order valence-electron chi connectivity index (χ3n) is 5.11. The summed E-state index contributed by atoms with van der Waals surface area (Å²) in [7, 11) is 2.14. The Bertz CT molecular complexity index is 934. The smallest absolute Gasteiger partial charge is 0.191 e. The predicted octanol–water partition coefficient (Wildman–Crippen LogP) is 4.54. The second-order valence-electron chi connectivity index (χ2n) is 7.38. The molecule has 2 aromatic carbocycles. The number of nitrogens with zero attached hydrogens (tertiary/aromatic N) is 2. The van der Waals surface area contributed by atoms with Crippen molar-refractivity contribution in [1.29, 1.82) is 0 Å². The van der Waals surface area contributed by atoms with Gasteiger partial charge in [0.25, 0.3) is 0 Å². The van der Waals surface area contributed by atoms with Crippen LogP contribution in [0.15, 0.2) is 59.7 Å². The maximum absolute atomic E-state index is 4.78. The fourth-order valence-corrected chi connectivity index (χ4v) is 3.42. The number of aliphatic imine (C=N–C) groups is 1. The molecule has 6 heteroatoms. The van der Waals surface area contributed by atoms with Crippen molar-refractivity contribution in [3.05, 3.63) is 71.4 Å². The van der Waals surface area contributed by atoms with Gasteiger partial charge < -0.3 is 20.5 Å². The molecule has 1 aromatic heterocycles. The highest BCUT2D eigenvalue weighted by molar-refractivity contribution is 14.0. The molecule has 3 N–H and O–H groups in total. The van der Waals surface area contributed by atoms with E-state index >= 15 is 0 Å². The minimum absolute atomic E-state index is 0. The van der Waals surface area contributed by atoms with Crippen molar-refractivity contribution in [3.8, 4) is 0 Å². The maximum atomic E-state index is 4.78. The quantitative estimate of drug-likeness (QED) is 0.221. The summed E-state index contributed by atoms with van der Waals surface area (Å²) in [4.78, 5) is 10.4. The molecule has 0 aliphatic carbocycles. The van der Waals surface area contributed by atoms with Crippen LogP contribution in [0.1, 0.15) is 30.5 Å². The number of aromatic amines is 1. The monoisotopic (exact) mass is 519 g/mol. The van der Waals surface area contributed by atoms with E-state index in [0.717, 1.165) is 38.6 Å². The number of guanidine groups is 1. The normalized spacial score (nSPS) is 11.5. The number of H-pyrrole nitrogens is 1. The van der Waals surface area contributed by atoms with Gasteiger partial charge in [-0.15, -0.1) is 24.0 Å². The van der Waals surface area contributed by atoms with Crippen molar-refractivity contribution >= 4 is 40.8 Å². The number of rotatable bonds is 9. The van der Waals surface area contributed by atoms with Gasteiger partial charge in [0.15, 0.2) is 5.96 Å². The summed E-state index contributed by atoms with van der Waals surface area (Å²) < 4.78 is 0. The number of fused-ring (bicyclic) bond motifs is 1. The molecule has 0 aliphatic heterocycles. The fourth-order valence-electron chi connectivity index (χ4n) is 3.42. The van der Waals surface area contributed by atoms with Crippen LogP contribution in [-0.2, 0) is 19.5 Å². The maximum Gasteiger partial charge on any atom is 0.191 e. The predicted molar refractivity (Wildman–Crippen MR) is 139 cm³/mol. The van der Waals surface area contributed by atoms with Crippen LogP contribution in [0, 0.1) is 0 Å². The second-order valence-corrected chi connectivity index (χ2v) is 7.38. The summed E-state index contributed by atoms with van der Waals surface area (Å²) >= 11 is 0. The zero-order chi connectivity index (χ0) is 20.5. The van der Waals surface area contributed by atoms with Crippen LogP contribution in [0.4, 0.5) is 0 Å². The van der Waals surface area contributed by atoms with Crippen LogP contribution < -0.4 is 10.6 Å². The van der Waals surface area contributed by atoms with Gasteiger partial charge in [0.2, 0.25) is 0 Å². The summed E-state index contributed by atoms with van der Waals surface area (Å²) in [5, 5.41) is 8.11. The second kappa shape index (κ2) is 12.6. The molecular formula is C24H34IN5. The number of hydrogen-bond donors (Lipinski definition) is 3. The van der Waals surface area contributed by atoms with E-state index in [1.54, 1.807) is 0 Å². The molecule has 5 nitrogen and oxygen atoms in total. The van der Waals surface area contributed by atoms with E-state index in [1.807, 2.05) is 0 Å². The first kappa shape index (κ1) is 24.2. The molecule has 3 aromatic rings. The van der Waals surface area contributed by atoms with E-state index in [0.29, 0.717) is 6.54 Å². The molecule has 0 aliphatic rings. The zero-order valence-electron chi connectivity index (χ0n) is 18.2. The summed E-state index contributed by atoms with van der Waals surface area (Å²) in [5.74, 6) is 0.864. The minimum atomic E-state index is 0. The Labute approximate surface area is 197 Å². The van der Waals surface area contributed by atoms with Crippen molar-refractivity contribution < 1.29 is 0 Å². The zero-order valence-corrected chi connectivity index (χ0v) is 20.6. The number of halogens is 1. The lowest BCUT2D eigenvalue weighted by molar-refractivity contribution is 0.345. The van der Waals surface area contributed by atoms with Gasteiger partial charge >= 0.3 is 0 Å². The molecule has 0 fully saturated rings. The lowest BCUT2D eigenvalue weighted by Crippen LogP contribution is -2.38. The Morgan fingerprint density at radius 2 is 1.83 bits per heavy atom. The highest BCUT2D eigenvalue weighted by Gasteiger charge is 2.04. The van der Waals surface area contributed by atoms with Gasteiger partial charge in [-0.1, -0.05) is 49.4 Å². The molecule has 0 saturated heterocycles. The fraction of sp³-hybridized carbons (Fsp3) is 0.375. The lowest BCUT2D eigenvalue weighted by Gasteiger charge is -2.14. The largest absolute Gasteiger partial charge is 0.361 e. The van der Waals surface area contributed by atoms with Crippen LogP contribution in [0.25, 0.3) is 10.9 Å². The Hall–Kier alpha value is -2.06. The van der Waals surface area contributed by atoms with Gasteiger partial charge in [0, 0.05) is 36.7 Å². The standard InChI is InChI=1S/C24H33N5.HI/c1-4-25-24(26-14-13-21-17-27-23-12-7-6-11-22(21)23)28-16-19-9-8-10-20(15-19)18-29(3)5-2;/h6-12,15,17,27H,4-5,13-14,16,18H2,1-3H3,(H2,25,26,28);1H. The van der Waals surface area contributed by atoms with Crippen molar-refractivity contribution in [2.75, 3.05) is 26.7 Å². The molecule has 3 rings (SSSR count). The minimum Gasteiger partial charge on any atom is -0.361 e. The van der Waals surface area contributed by atoms with Crippen LogP contribution in [0.2, 0.25) is 0 Å². The Morgan fingerprint density at radius 1 is 1.03 bits per heavy atom.